The molecule has 0 aliphatic rings. The molecule has 1 rings (SSSR count). The van der Waals surface area contributed by atoms with Gasteiger partial charge in [-0.15, -0.1) is 0 Å². The highest BCUT2D eigenvalue weighted by Crippen LogP contribution is 2.20. The summed E-state index contributed by atoms with van der Waals surface area (Å²) < 4.78 is 5.07. The quantitative estimate of drug-likeness (QED) is 0.836. The molecule has 0 spiro atoms. The van der Waals surface area contributed by atoms with Crippen LogP contribution in [0.15, 0.2) is 18.2 Å². The van der Waals surface area contributed by atoms with Crippen molar-refractivity contribution in [2.45, 2.75) is 39.8 Å². The molecule has 1 aromatic rings. The molecule has 0 aromatic heterocycles. The Morgan fingerprint density at radius 3 is 2.26 bits per heavy atom. The summed E-state index contributed by atoms with van der Waals surface area (Å²) in [6.45, 7) is 7.86. The van der Waals surface area contributed by atoms with E-state index in [9.17, 15) is 4.79 Å². The standard InChI is InChI=1S/C15H20N2O2/c1-10(2)17(11(3)4)15(18)14-7-6-13(19-5)8-12(14)9-16/h6-8,10-11H,1-5H3. The maximum absolute atomic E-state index is 12.5. The van der Waals surface area contributed by atoms with E-state index in [1.165, 1.54) is 7.11 Å². The largest absolute Gasteiger partial charge is 0.497 e. The smallest absolute Gasteiger partial charge is 0.255 e. The molecule has 0 aliphatic heterocycles. The van der Waals surface area contributed by atoms with Crippen LogP contribution in [0.25, 0.3) is 0 Å². The highest BCUT2D eigenvalue weighted by atomic mass is 16.5. The molecule has 0 fully saturated rings. The molecule has 4 nitrogen and oxygen atoms in total. The molecular formula is C15H20N2O2. The van der Waals surface area contributed by atoms with Crippen molar-refractivity contribution in [3.05, 3.63) is 29.3 Å². The number of nitrogens with zero attached hydrogens (tertiary/aromatic N) is 2. The minimum absolute atomic E-state index is 0.0844. The van der Waals surface area contributed by atoms with Gasteiger partial charge in [0.25, 0.3) is 5.91 Å². The fourth-order valence-electron chi connectivity index (χ4n) is 2.13. The fraction of sp³-hybridized carbons (Fsp3) is 0.467. The summed E-state index contributed by atoms with van der Waals surface area (Å²) in [5.41, 5.74) is 0.765. The molecule has 19 heavy (non-hydrogen) atoms. The number of ether oxygens (including phenoxy) is 1. The summed E-state index contributed by atoms with van der Waals surface area (Å²) >= 11 is 0. The van der Waals surface area contributed by atoms with Gasteiger partial charge in [0.05, 0.1) is 18.2 Å². The summed E-state index contributed by atoms with van der Waals surface area (Å²) in [5, 5.41) is 9.17. The first-order chi connectivity index (χ1) is 8.92. The van der Waals surface area contributed by atoms with Gasteiger partial charge in [0, 0.05) is 12.1 Å². The molecular weight excluding hydrogens is 240 g/mol. The van der Waals surface area contributed by atoms with Crippen molar-refractivity contribution >= 4 is 5.91 Å². The zero-order valence-corrected chi connectivity index (χ0v) is 12.1. The average molecular weight is 260 g/mol. The number of hydrogen-bond donors (Lipinski definition) is 0. The molecule has 1 aromatic carbocycles. The first-order valence-electron chi connectivity index (χ1n) is 6.33. The van der Waals surface area contributed by atoms with E-state index in [0.29, 0.717) is 16.9 Å². The first-order valence-corrected chi connectivity index (χ1v) is 6.33. The second-order valence-electron chi connectivity index (χ2n) is 4.92. The lowest BCUT2D eigenvalue weighted by Gasteiger charge is -2.31. The van der Waals surface area contributed by atoms with Crippen molar-refractivity contribution in [2.24, 2.45) is 0 Å². The summed E-state index contributed by atoms with van der Waals surface area (Å²) in [6, 6.07) is 7.17. The van der Waals surface area contributed by atoms with Gasteiger partial charge >= 0.3 is 0 Å². The number of carbonyl (C=O) groups excluding carboxylic acids is 1. The summed E-state index contributed by atoms with van der Waals surface area (Å²) in [5.74, 6) is 0.456. The topological polar surface area (TPSA) is 53.3 Å². The first kappa shape index (κ1) is 15.0. The van der Waals surface area contributed by atoms with Crippen molar-refractivity contribution < 1.29 is 9.53 Å². The average Bonchev–Trinajstić information content (AvgIpc) is 2.36. The Bertz CT molecular complexity index is 493. The van der Waals surface area contributed by atoms with Gasteiger partial charge in [0.15, 0.2) is 0 Å². The highest BCUT2D eigenvalue weighted by molar-refractivity contribution is 5.97. The number of methoxy groups -OCH3 is 1. The van der Waals surface area contributed by atoms with E-state index in [0.717, 1.165) is 0 Å². The molecule has 1 amide bonds. The van der Waals surface area contributed by atoms with E-state index in [4.69, 9.17) is 10.00 Å². The normalized spacial score (nSPS) is 10.4. The van der Waals surface area contributed by atoms with Gasteiger partial charge in [0.1, 0.15) is 11.8 Å². The second-order valence-corrected chi connectivity index (χ2v) is 4.92. The molecule has 0 radical (unpaired) electrons. The van der Waals surface area contributed by atoms with Gasteiger partial charge in [-0.2, -0.15) is 5.26 Å². The summed E-state index contributed by atoms with van der Waals surface area (Å²) in [4.78, 5) is 14.3. The molecule has 0 N–H and O–H groups in total. The Hall–Kier alpha value is -2.02. The van der Waals surface area contributed by atoms with Crippen molar-refractivity contribution in [3.8, 4) is 11.8 Å². The van der Waals surface area contributed by atoms with Crippen molar-refractivity contribution in [1.82, 2.24) is 4.90 Å². The molecule has 4 heteroatoms. The Kier molecular flexibility index (Phi) is 4.94. The number of hydrogen-bond acceptors (Lipinski definition) is 3. The molecule has 0 aliphatic carbocycles. The van der Waals surface area contributed by atoms with Crippen LogP contribution >= 0.6 is 0 Å². The van der Waals surface area contributed by atoms with E-state index in [2.05, 4.69) is 6.07 Å². The predicted molar refractivity (Wildman–Crippen MR) is 74.2 cm³/mol. The zero-order chi connectivity index (χ0) is 14.6. The second kappa shape index (κ2) is 6.24. The van der Waals surface area contributed by atoms with Crippen molar-refractivity contribution in [2.75, 3.05) is 7.11 Å². The van der Waals surface area contributed by atoms with Crippen LogP contribution in [0, 0.1) is 11.3 Å². The van der Waals surface area contributed by atoms with Gasteiger partial charge in [0.2, 0.25) is 0 Å². The van der Waals surface area contributed by atoms with Gasteiger partial charge in [-0.1, -0.05) is 0 Å². The lowest BCUT2D eigenvalue weighted by atomic mass is 10.0. The zero-order valence-electron chi connectivity index (χ0n) is 12.1. The van der Waals surface area contributed by atoms with Crippen molar-refractivity contribution in [1.29, 1.82) is 5.26 Å². The van der Waals surface area contributed by atoms with Crippen LogP contribution in [0.3, 0.4) is 0 Å². The molecule has 0 bridgehead atoms. The van der Waals surface area contributed by atoms with Crippen LogP contribution < -0.4 is 4.74 Å². The van der Waals surface area contributed by atoms with Crippen LogP contribution in [-0.2, 0) is 0 Å². The van der Waals surface area contributed by atoms with Crippen LogP contribution in [-0.4, -0.2) is 30.0 Å². The maximum atomic E-state index is 12.5. The van der Waals surface area contributed by atoms with Gasteiger partial charge < -0.3 is 9.64 Å². The van der Waals surface area contributed by atoms with Gasteiger partial charge in [-0.05, 0) is 45.9 Å². The van der Waals surface area contributed by atoms with Gasteiger partial charge in [-0.3, -0.25) is 4.79 Å². The molecule has 102 valence electrons. The number of carbonyl (C=O) groups is 1. The Morgan fingerprint density at radius 2 is 1.84 bits per heavy atom. The van der Waals surface area contributed by atoms with E-state index >= 15 is 0 Å². The summed E-state index contributed by atoms with van der Waals surface area (Å²) in [6.07, 6.45) is 0. The Labute approximate surface area is 114 Å². The van der Waals surface area contributed by atoms with E-state index < -0.39 is 0 Å². The fourth-order valence-corrected chi connectivity index (χ4v) is 2.13. The molecule has 0 atom stereocenters. The van der Waals surface area contributed by atoms with Gasteiger partial charge in [-0.25, -0.2) is 0 Å². The third kappa shape index (κ3) is 3.25. The predicted octanol–water partition coefficient (Wildman–Crippen LogP) is 2.83. The number of nitriles is 1. The number of benzene rings is 1. The highest BCUT2D eigenvalue weighted by Gasteiger charge is 2.23. The van der Waals surface area contributed by atoms with E-state index in [1.54, 1.807) is 23.1 Å². The van der Waals surface area contributed by atoms with E-state index in [-0.39, 0.29) is 18.0 Å². The Balaban J connectivity index is 3.22. The number of amides is 1. The monoisotopic (exact) mass is 260 g/mol. The van der Waals surface area contributed by atoms with Crippen LogP contribution in [0.4, 0.5) is 0 Å². The third-order valence-corrected chi connectivity index (χ3v) is 2.92. The summed E-state index contributed by atoms with van der Waals surface area (Å²) in [7, 11) is 1.53. The molecule has 0 heterocycles. The lowest BCUT2D eigenvalue weighted by Crippen LogP contribution is -2.42. The van der Waals surface area contributed by atoms with Crippen LogP contribution in [0.5, 0.6) is 5.75 Å². The van der Waals surface area contributed by atoms with E-state index in [1.807, 2.05) is 27.7 Å². The number of rotatable bonds is 4. The molecule has 0 unspecified atom stereocenters. The molecule has 0 saturated heterocycles. The lowest BCUT2D eigenvalue weighted by molar-refractivity contribution is 0.0643. The van der Waals surface area contributed by atoms with Crippen LogP contribution in [0.1, 0.15) is 43.6 Å². The maximum Gasteiger partial charge on any atom is 0.255 e. The minimum Gasteiger partial charge on any atom is -0.497 e. The molecule has 0 saturated carbocycles. The minimum atomic E-state index is -0.121. The van der Waals surface area contributed by atoms with Crippen LogP contribution in [0.2, 0.25) is 0 Å². The Morgan fingerprint density at radius 1 is 1.26 bits per heavy atom. The third-order valence-electron chi connectivity index (χ3n) is 2.92. The SMILES string of the molecule is COc1ccc(C(=O)N(C(C)C)C(C)C)c(C#N)c1. The van der Waals surface area contributed by atoms with Crippen molar-refractivity contribution in [3.63, 3.8) is 0 Å².